The van der Waals surface area contributed by atoms with Crippen molar-refractivity contribution in [3.05, 3.63) is 34.9 Å². The average molecular weight is 264 g/mol. The van der Waals surface area contributed by atoms with Crippen LogP contribution < -0.4 is 5.73 Å². The van der Waals surface area contributed by atoms with Crippen molar-refractivity contribution >= 4 is 0 Å². The Morgan fingerprint density at radius 2 is 1.74 bits per heavy atom. The lowest BCUT2D eigenvalue weighted by Gasteiger charge is -2.34. The summed E-state index contributed by atoms with van der Waals surface area (Å²) in [6, 6.07) is 7.39. The maximum absolute atomic E-state index is 6.03. The molecule has 1 unspecified atom stereocenters. The van der Waals surface area contributed by atoms with Gasteiger partial charge in [0.25, 0.3) is 0 Å². The van der Waals surface area contributed by atoms with Crippen LogP contribution in [0.1, 0.15) is 36.6 Å². The Labute approximate surface area is 117 Å². The highest BCUT2D eigenvalue weighted by Gasteiger charge is 2.21. The smallest absolute Gasteiger partial charge is 0.0590 e. The summed E-state index contributed by atoms with van der Waals surface area (Å²) in [7, 11) is 1.74. The molecule has 2 N–H and O–H groups in total. The van der Waals surface area contributed by atoms with E-state index in [1.54, 1.807) is 7.11 Å². The van der Waals surface area contributed by atoms with Gasteiger partial charge in [-0.2, -0.15) is 0 Å². The zero-order chi connectivity index (χ0) is 14.4. The number of nitrogens with zero attached hydrogens (tertiary/aromatic N) is 1. The van der Waals surface area contributed by atoms with Crippen LogP contribution in [0.25, 0.3) is 0 Å². The second-order valence-electron chi connectivity index (χ2n) is 5.50. The van der Waals surface area contributed by atoms with Crippen LogP contribution in [0, 0.1) is 13.8 Å². The molecule has 1 aromatic carbocycles. The Morgan fingerprint density at radius 3 is 2.16 bits per heavy atom. The predicted octanol–water partition coefficient (Wildman–Crippen LogP) is 2.66. The maximum Gasteiger partial charge on any atom is 0.0590 e. The van der Waals surface area contributed by atoms with Gasteiger partial charge in [-0.1, -0.05) is 29.3 Å². The molecule has 0 aliphatic rings. The van der Waals surface area contributed by atoms with Crippen molar-refractivity contribution in [3.8, 4) is 0 Å². The summed E-state index contributed by atoms with van der Waals surface area (Å²) in [4.78, 5) is 2.41. The number of rotatable bonds is 7. The first-order chi connectivity index (χ1) is 8.99. The van der Waals surface area contributed by atoms with Crippen LogP contribution in [-0.2, 0) is 4.74 Å². The largest absolute Gasteiger partial charge is 0.383 e. The summed E-state index contributed by atoms with van der Waals surface area (Å²) in [5, 5.41) is 0. The van der Waals surface area contributed by atoms with Crippen molar-refractivity contribution in [2.45, 2.75) is 39.8 Å². The van der Waals surface area contributed by atoms with E-state index >= 15 is 0 Å². The van der Waals surface area contributed by atoms with Gasteiger partial charge in [0.2, 0.25) is 0 Å². The zero-order valence-electron chi connectivity index (χ0n) is 12.9. The molecule has 19 heavy (non-hydrogen) atoms. The Hall–Kier alpha value is -0.900. The van der Waals surface area contributed by atoms with Gasteiger partial charge in [0.1, 0.15) is 0 Å². The molecular formula is C16H28N2O. The lowest BCUT2D eigenvalue weighted by molar-refractivity contribution is 0.0979. The molecule has 0 aliphatic carbocycles. The minimum atomic E-state index is 0.258. The molecule has 1 atom stereocenters. The van der Waals surface area contributed by atoms with Gasteiger partial charge in [0.15, 0.2) is 0 Å². The molecule has 0 fully saturated rings. The van der Waals surface area contributed by atoms with Gasteiger partial charge in [-0.3, -0.25) is 4.90 Å². The van der Waals surface area contributed by atoms with E-state index in [9.17, 15) is 0 Å². The molecule has 0 saturated carbocycles. The Balaban J connectivity index is 3.01. The van der Waals surface area contributed by atoms with Gasteiger partial charge >= 0.3 is 0 Å². The third kappa shape index (κ3) is 4.60. The first-order valence-electron chi connectivity index (χ1n) is 7.02. The molecule has 0 aromatic heterocycles. The Bertz CT molecular complexity index is 370. The minimum Gasteiger partial charge on any atom is -0.383 e. The average Bonchev–Trinajstić information content (AvgIpc) is 2.32. The molecule has 1 aromatic rings. The van der Waals surface area contributed by atoms with Crippen molar-refractivity contribution in [3.63, 3.8) is 0 Å². The number of hydrogen-bond donors (Lipinski definition) is 1. The number of nitrogens with two attached hydrogens (primary N) is 1. The van der Waals surface area contributed by atoms with E-state index in [1.807, 2.05) is 0 Å². The second kappa shape index (κ2) is 7.63. The first kappa shape index (κ1) is 16.2. The topological polar surface area (TPSA) is 38.5 Å². The lowest BCUT2D eigenvalue weighted by Crippen LogP contribution is -2.40. The first-order valence-corrected chi connectivity index (χ1v) is 7.02. The van der Waals surface area contributed by atoms with Gasteiger partial charge < -0.3 is 10.5 Å². The van der Waals surface area contributed by atoms with E-state index in [2.05, 4.69) is 50.8 Å². The van der Waals surface area contributed by atoms with Crippen molar-refractivity contribution in [1.29, 1.82) is 0 Å². The highest BCUT2D eigenvalue weighted by Crippen LogP contribution is 2.24. The molecule has 3 nitrogen and oxygen atoms in total. The summed E-state index contributed by atoms with van der Waals surface area (Å²) < 4.78 is 5.22. The third-order valence-electron chi connectivity index (χ3n) is 3.47. The standard InChI is InChI=1S/C16H28N2O/c1-12(2)18(6-7-19-5)16(11-17)15-9-13(3)8-14(4)10-15/h8-10,12,16H,6-7,11,17H2,1-5H3. The van der Waals surface area contributed by atoms with Crippen LogP contribution in [0.5, 0.6) is 0 Å². The number of aryl methyl sites for hydroxylation is 2. The molecule has 0 bridgehead atoms. The highest BCUT2D eigenvalue weighted by molar-refractivity contribution is 5.31. The fourth-order valence-electron chi connectivity index (χ4n) is 2.64. The fraction of sp³-hybridized carbons (Fsp3) is 0.625. The Morgan fingerprint density at radius 1 is 1.16 bits per heavy atom. The molecule has 1 rings (SSSR count). The number of hydrogen-bond acceptors (Lipinski definition) is 3. The van der Waals surface area contributed by atoms with Crippen LogP contribution >= 0.6 is 0 Å². The molecule has 0 heterocycles. The minimum absolute atomic E-state index is 0.258. The molecule has 108 valence electrons. The summed E-state index contributed by atoms with van der Waals surface area (Å²) >= 11 is 0. The second-order valence-corrected chi connectivity index (χ2v) is 5.50. The van der Waals surface area contributed by atoms with Crippen molar-refractivity contribution in [1.82, 2.24) is 4.90 Å². The molecule has 0 saturated heterocycles. The summed E-state index contributed by atoms with van der Waals surface area (Å²) in [5.74, 6) is 0. The van der Waals surface area contributed by atoms with E-state index in [1.165, 1.54) is 16.7 Å². The number of benzene rings is 1. The monoisotopic (exact) mass is 264 g/mol. The summed E-state index contributed by atoms with van der Waals surface area (Å²) in [5.41, 5.74) is 9.93. The van der Waals surface area contributed by atoms with E-state index in [4.69, 9.17) is 10.5 Å². The number of methoxy groups -OCH3 is 1. The molecule has 0 aliphatic heterocycles. The fourth-order valence-corrected chi connectivity index (χ4v) is 2.64. The van der Waals surface area contributed by atoms with Gasteiger partial charge in [-0.25, -0.2) is 0 Å². The summed E-state index contributed by atoms with van der Waals surface area (Å²) in [6.45, 7) is 11.0. The van der Waals surface area contributed by atoms with Gasteiger partial charge in [0.05, 0.1) is 6.61 Å². The SMILES string of the molecule is COCCN(C(C)C)C(CN)c1cc(C)cc(C)c1. The molecule has 3 heteroatoms. The summed E-state index contributed by atoms with van der Waals surface area (Å²) in [6.07, 6.45) is 0. The molecule has 0 spiro atoms. The molecule has 0 amide bonds. The van der Waals surface area contributed by atoms with Crippen LogP contribution in [0.3, 0.4) is 0 Å². The number of ether oxygens (including phenoxy) is 1. The predicted molar refractivity (Wildman–Crippen MR) is 81.4 cm³/mol. The van der Waals surface area contributed by atoms with Crippen LogP contribution in [-0.4, -0.2) is 37.7 Å². The molecular weight excluding hydrogens is 236 g/mol. The highest BCUT2D eigenvalue weighted by atomic mass is 16.5. The van der Waals surface area contributed by atoms with E-state index < -0.39 is 0 Å². The van der Waals surface area contributed by atoms with E-state index in [0.717, 1.165) is 13.2 Å². The van der Waals surface area contributed by atoms with Crippen LogP contribution in [0.2, 0.25) is 0 Å². The maximum atomic E-state index is 6.03. The van der Waals surface area contributed by atoms with Crippen molar-refractivity contribution < 1.29 is 4.74 Å². The van der Waals surface area contributed by atoms with Crippen LogP contribution in [0.15, 0.2) is 18.2 Å². The zero-order valence-corrected chi connectivity index (χ0v) is 12.9. The van der Waals surface area contributed by atoms with Crippen molar-refractivity contribution in [2.24, 2.45) is 5.73 Å². The normalized spacial score (nSPS) is 13.3. The quantitative estimate of drug-likeness (QED) is 0.823. The van der Waals surface area contributed by atoms with Gasteiger partial charge in [-0.05, 0) is 33.3 Å². The van der Waals surface area contributed by atoms with Gasteiger partial charge in [0, 0.05) is 32.3 Å². The van der Waals surface area contributed by atoms with Gasteiger partial charge in [-0.15, -0.1) is 0 Å². The van der Waals surface area contributed by atoms with Crippen LogP contribution in [0.4, 0.5) is 0 Å². The molecule has 0 radical (unpaired) electrons. The van der Waals surface area contributed by atoms with Crippen molar-refractivity contribution in [2.75, 3.05) is 26.8 Å². The lowest BCUT2D eigenvalue weighted by atomic mass is 9.99. The van der Waals surface area contributed by atoms with E-state index in [0.29, 0.717) is 12.6 Å². The Kier molecular flexibility index (Phi) is 6.49. The van der Waals surface area contributed by atoms with E-state index in [-0.39, 0.29) is 6.04 Å². The third-order valence-corrected chi connectivity index (χ3v) is 3.47.